The van der Waals surface area contributed by atoms with Crippen LogP contribution in [0.2, 0.25) is 0 Å². The number of hydrogen-bond acceptors (Lipinski definition) is 12. The van der Waals surface area contributed by atoms with E-state index in [1.165, 1.54) is 27.2 Å². The quantitative estimate of drug-likeness (QED) is 0.158. The zero-order chi connectivity index (χ0) is 45.6. The lowest BCUT2D eigenvalue weighted by Crippen LogP contribution is -2.61. The number of ether oxygens (including phenoxy) is 3. The van der Waals surface area contributed by atoms with Crippen LogP contribution in [0.25, 0.3) is 0 Å². The molecule has 0 radical (unpaired) electrons. The number of nitrogens with one attached hydrogen (secondary N) is 1. The Balaban J connectivity index is 0.000000315. The number of Topliss-reactive ketones (excluding diaryl/α,β-unsaturated/α-hetero) is 1. The summed E-state index contributed by atoms with van der Waals surface area (Å²) in [4.78, 5) is 67.7. The van der Waals surface area contributed by atoms with Crippen molar-refractivity contribution >= 4 is 46.7 Å². The third-order valence-corrected chi connectivity index (χ3v) is 11.9. The SMILES string of the molecule is CC.CC(=O)O[C@H]1C(=O)C2CC[C@H]3OCC3C2C[C@]2(O)CCC(C)=C1C2(C)C.CC(C)(C)SC(=O)N[C@H](CC(=O)O)c1ccco1.COC(C)=O.O=C(O)c1ccccc1. The second-order valence-corrected chi connectivity index (χ2v) is 18.3. The minimum Gasteiger partial charge on any atom is -0.481 e. The van der Waals surface area contributed by atoms with Gasteiger partial charge in [0.1, 0.15) is 5.76 Å². The van der Waals surface area contributed by atoms with Gasteiger partial charge >= 0.3 is 23.9 Å². The maximum Gasteiger partial charge on any atom is 0.335 e. The highest BCUT2D eigenvalue weighted by Gasteiger charge is 2.60. The monoisotopic (exact) mass is 859 g/mol. The van der Waals surface area contributed by atoms with E-state index in [9.17, 15) is 33.9 Å². The van der Waals surface area contributed by atoms with Crippen LogP contribution in [0.5, 0.6) is 0 Å². The van der Waals surface area contributed by atoms with Crippen LogP contribution in [0.4, 0.5) is 4.79 Å². The predicted octanol–water partition coefficient (Wildman–Crippen LogP) is 8.43. The number of fused-ring (bicyclic) bond motifs is 5. The van der Waals surface area contributed by atoms with Crippen molar-refractivity contribution in [2.75, 3.05) is 13.7 Å². The zero-order valence-electron chi connectivity index (χ0n) is 36.9. The fourth-order valence-corrected chi connectivity index (χ4v) is 8.76. The first kappa shape index (κ1) is 51.7. The molecule has 2 aromatic rings. The standard InChI is InChI=1S/C21H30O5.C12H17NO4S.C7H6O2.C3H6O2.C2H6/c1-11-7-8-21(24)9-14-13(5-6-16-15(14)10-25-16)18(23)19(26-12(2)22)17(11)20(21,3)4;1-12(2,3)18-11(16)13-8(7-10(14)15)9-5-4-6-17-9;8-7(9)6-4-2-1-3-5-6;1-3(4)5-2;1-2/h13-16,19,24H,5-10H2,1-4H3;4-6,8H,7H2,1-3H3,(H,13,16)(H,14,15);1-5H,(H,8,9);1-2H3;1-2H3/t13?,14?,15?,16-,19-,21-;8-;;;/m11.../s1. The molecule has 1 aromatic carbocycles. The van der Waals surface area contributed by atoms with Crippen molar-refractivity contribution < 1.29 is 62.7 Å². The van der Waals surface area contributed by atoms with Crippen molar-refractivity contribution in [2.45, 2.75) is 136 Å². The zero-order valence-corrected chi connectivity index (χ0v) is 37.7. The summed E-state index contributed by atoms with van der Waals surface area (Å²) in [6, 6.07) is 11.0. The maximum absolute atomic E-state index is 13.5. The van der Waals surface area contributed by atoms with Crippen molar-refractivity contribution in [1.82, 2.24) is 5.32 Å². The number of methoxy groups -OCH3 is 1. The highest BCUT2D eigenvalue weighted by Crippen LogP contribution is 2.58. The molecule has 1 aromatic heterocycles. The van der Waals surface area contributed by atoms with E-state index in [0.717, 1.165) is 42.2 Å². The Hall–Kier alpha value is -4.47. The van der Waals surface area contributed by atoms with Crippen LogP contribution < -0.4 is 5.32 Å². The molecule has 3 unspecified atom stereocenters. The number of aromatic carboxylic acids is 1. The van der Waals surface area contributed by atoms with E-state index in [4.69, 9.17) is 24.1 Å². The van der Waals surface area contributed by atoms with E-state index >= 15 is 0 Å². The molecular formula is C45H65NO13S. The van der Waals surface area contributed by atoms with Gasteiger partial charge in [-0.05, 0) is 74.8 Å². The number of aliphatic hydroxyl groups is 1. The molecule has 15 heteroatoms. The van der Waals surface area contributed by atoms with Gasteiger partial charge in [0.25, 0.3) is 5.24 Å². The van der Waals surface area contributed by atoms with Gasteiger partial charge in [-0.3, -0.25) is 24.0 Å². The molecule has 1 saturated heterocycles. The first-order valence-corrected chi connectivity index (χ1v) is 21.2. The number of rotatable bonds is 6. The number of benzene rings is 1. The number of allylic oxidation sites excluding steroid dienone is 1. The van der Waals surface area contributed by atoms with Gasteiger partial charge in [0.2, 0.25) is 0 Å². The van der Waals surface area contributed by atoms with Crippen LogP contribution in [-0.2, 0) is 33.4 Å². The molecule has 60 heavy (non-hydrogen) atoms. The normalized spacial score (nSPS) is 25.1. The largest absolute Gasteiger partial charge is 0.481 e. The van der Waals surface area contributed by atoms with E-state index < -0.39 is 41.1 Å². The van der Waals surface area contributed by atoms with Crippen molar-refractivity contribution in [3.8, 4) is 0 Å². The fourth-order valence-electron chi connectivity index (χ4n) is 8.00. The molecule has 1 amide bonds. The van der Waals surface area contributed by atoms with Crippen LogP contribution in [0.1, 0.15) is 130 Å². The molecule has 3 aliphatic carbocycles. The van der Waals surface area contributed by atoms with E-state index in [-0.39, 0.29) is 46.1 Å². The third kappa shape index (κ3) is 14.3. The van der Waals surface area contributed by atoms with Crippen LogP contribution in [0.3, 0.4) is 0 Å². The number of carboxylic acid groups (broad SMARTS) is 2. The molecule has 3 fully saturated rings. The molecule has 7 atom stereocenters. The Labute approximate surface area is 358 Å². The number of hydrogen-bond donors (Lipinski definition) is 4. The van der Waals surface area contributed by atoms with Gasteiger partial charge in [0.05, 0.1) is 49.7 Å². The molecular weight excluding hydrogens is 795 g/mol. The number of amides is 1. The lowest BCUT2D eigenvalue weighted by molar-refractivity contribution is -0.201. The number of thioether (sulfide) groups is 1. The number of ketones is 1. The first-order chi connectivity index (χ1) is 28.0. The molecule has 2 heterocycles. The van der Waals surface area contributed by atoms with Crippen molar-refractivity contribution in [3.05, 3.63) is 71.2 Å². The van der Waals surface area contributed by atoms with Crippen molar-refractivity contribution in [3.63, 3.8) is 0 Å². The van der Waals surface area contributed by atoms with E-state index in [1.807, 2.05) is 55.4 Å². The van der Waals surface area contributed by atoms with E-state index in [0.29, 0.717) is 36.7 Å². The van der Waals surface area contributed by atoms with Crippen LogP contribution in [0.15, 0.2) is 64.3 Å². The molecule has 2 bridgehead atoms. The number of aliphatic carboxylic acids is 1. The summed E-state index contributed by atoms with van der Waals surface area (Å²) in [5, 5.41) is 31.3. The summed E-state index contributed by atoms with van der Waals surface area (Å²) in [5.74, 6) is -1.79. The fraction of sp³-hybridized carbons (Fsp3) is 0.600. The molecule has 6 rings (SSSR count). The van der Waals surface area contributed by atoms with Crippen molar-refractivity contribution in [1.29, 1.82) is 0 Å². The van der Waals surface area contributed by atoms with Crippen LogP contribution in [-0.4, -0.2) is 86.5 Å². The Bertz CT molecular complexity index is 1780. The molecule has 4 N–H and O–H groups in total. The summed E-state index contributed by atoms with van der Waals surface area (Å²) < 4.78 is 20.3. The van der Waals surface area contributed by atoms with E-state index in [1.54, 1.807) is 42.5 Å². The smallest absolute Gasteiger partial charge is 0.335 e. The number of furan rings is 1. The predicted molar refractivity (Wildman–Crippen MR) is 227 cm³/mol. The summed E-state index contributed by atoms with van der Waals surface area (Å²) in [6.07, 6.45) is 4.31. The lowest BCUT2D eigenvalue weighted by atomic mass is 9.52. The highest BCUT2D eigenvalue weighted by molar-refractivity contribution is 8.14. The highest BCUT2D eigenvalue weighted by atomic mass is 32.2. The third-order valence-electron chi connectivity index (χ3n) is 11.0. The second kappa shape index (κ2) is 22.9. The Kier molecular flexibility index (Phi) is 19.8. The van der Waals surface area contributed by atoms with Gasteiger partial charge < -0.3 is 39.3 Å². The molecule has 1 aliphatic heterocycles. The van der Waals surface area contributed by atoms with Gasteiger partial charge in [-0.2, -0.15) is 0 Å². The molecule has 14 nitrogen and oxygen atoms in total. The van der Waals surface area contributed by atoms with Gasteiger partial charge in [-0.15, -0.1) is 0 Å². The molecule has 334 valence electrons. The number of carbonyl (C=O) groups excluding carboxylic acids is 4. The average molecular weight is 860 g/mol. The average Bonchev–Trinajstić information content (AvgIpc) is 3.69. The summed E-state index contributed by atoms with van der Waals surface area (Å²) in [7, 11) is 1.35. The van der Waals surface area contributed by atoms with Gasteiger partial charge in [-0.25, -0.2) is 4.79 Å². The molecule has 4 aliphatic rings. The van der Waals surface area contributed by atoms with Gasteiger partial charge in [0.15, 0.2) is 11.9 Å². The summed E-state index contributed by atoms with van der Waals surface area (Å²) >= 11 is 1.12. The molecule has 2 saturated carbocycles. The van der Waals surface area contributed by atoms with Crippen LogP contribution in [0, 0.1) is 23.2 Å². The number of carboxylic acids is 2. The Morgan fingerprint density at radius 3 is 2.03 bits per heavy atom. The lowest BCUT2D eigenvalue weighted by Gasteiger charge is -2.57. The first-order valence-electron chi connectivity index (χ1n) is 20.3. The second-order valence-electron chi connectivity index (χ2n) is 16.5. The molecule has 0 spiro atoms. The maximum atomic E-state index is 13.5. The number of esters is 2. The minimum atomic E-state index is -0.988. The van der Waals surface area contributed by atoms with Crippen LogP contribution >= 0.6 is 11.8 Å². The van der Waals surface area contributed by atoms with E-state index in [2.05, 4.69) is 10.1 Å². The minimum absolute atomic E-state index is 0.0296. The van der Waals surface area contributed by atoms with Gasteiger partial charge in [0, 0.05) is 35.8 Å². The topological polar surface area (TPSA) is 216 Å². The summed E-state index contributed by atoms with van der Waals surface area (Å²) in [6.45, 7) is 19.2. The Morgan fingerprint density at radius 1 is 0.967 bits per heavy atom. The van der Waals surface area contributed by atoms with Crippen molar-refractivity contribution in [2.24, 2.45) is 23.2 Å². The Morgan fingerprint density at radius 2 is 1.58 bits per heavy atom. The summed E-state index contributed by atoms with van der Waals surface area (Å²) in [5.41, 5.74) is 0.752. The number of carbonyl (C=O) groups is 6. The van der Waals surface area contributed by atoms with Gasteiger partial charge in [-0.1, -0.05) is 84.0 Å².